The number of carbonyl (C=O) groups is 1. The molecule has 2 saturated heterocycles. The van der Waals surface area contributed by atoms with Gasteiger partial charge in [0.15, 0.2) is 0 Å². The lowest BCUT2D eigenvalue weighted by atomic mass is 10.2. The molecule has 8 nitrogen and oxygen atoms in total. The largest absolute Gasteiger partial charge is 0.379 e. The van der Waals surface area contributed by atoms with Gasteiger partial charge in [0.1, 0.15) is 10.7 Å². The summed E-state index contributed by atoms with van der Waals surface area (Å²) in [5.41, 5.74) is 0. The first-order valence-corrected chi connectivity index (χ1v) is 11.0. The Morgan fingerprint density at radius 3 is 2.33 bits per heavy atom. The van der Waals surface area contributed by atoms with Crippen LogP contribution in [-0.2, 0) is 19.6 Å². The number of ether oxygens (including phenoxy) is 1. The summed E-state index contributed by atoms with van der Waals surface area (Å²) in [6.45, 7) is 6.54. The normalized spacial score (nSPS) is 26.9. The molecule has 4 rings (SSSR count). The molecule has 3 fully saturated rings. The molecule has 3 aliphatic rings. The van der Waals surface area contributed by atoms with Crippen molar-refractivity contribution in [3.63, 3.8) is 0 Å². The highest BCUT2D eigenvalue weighted by Gasteiger charge is 2.42. The molecule has 2 unspecified atom stereocenters. The number of piperazine rings is 1. The Bertz CT molecular complexity index is 784. The van der Waals surface area contributed by atoms with Crippen LogP contribution in [0, 0.1) is 11.8 Å². The van der Waals surface area contributed by atoms with E-state index in [0.29, 0.717) is 45.3 Å². The van der Waals surface area contributed by atoms with E-state index >= 15 is 0 Å². The third-order valence-electron chi connectivity index (χ3n) is 5.67. The van der Waals surface area contributed by atoms with Gasteiger partial charge >= 0.3 is 0 Å². The topological polar surface area (TPSA) is 83.1 Å². The van der Waals surface area contributed by atoms with Gasteiger partial charge in [0.2, 0.25) is 15.9 Å². The minimum Gasteiger partial charge on any atom is -0.379 e. The van der Waals surface area contributed by atoms with Crippen LogP contribution < -0.4 is 4.90 Å². The molecule has 148 valence electrons. The van der Waals surface area contributed by atoms with Crippen LogP contribution in [0.4, 0.5) is 5.82 Å². The van der Waals surface area contributed by atoms with Gasteiger partial charge in [-0.05, 0) is 24.5 Å². The van der Waals surface area contributed by atoms with Crippen molar-refractivity contribution in [2.45, 2.75) is 18.2 Å². The van der Waals surface area contributed by atoms with E-state index in [9.17, 15) is 13.2 Å². The molecule has 0 aromatic carbocycles. The molecule has 3 heterocycles. The van der Waals surface area contributed by atoms with Gasteiger partial charge in [-0.1, -0.05) is 6.92 Å². The van der Waals surface area contributed by atoms with Gasteiger partial charge in [-0.3, -0.25) is 4.79 Å². The van der Waals surface area contributed by atoms with E-state index in [1.807, 2.05) is 4.90 Å². The summed E-state index contributed by atoms with van der Waals surface area (Å²) in [5.74, 6) is 1.78. The number of hydrogen-bond donors (Lipinski definition) is 0. The number of aromatic nitrogens is 1. The average Bonchev–Trinajstić information content (AvgIpc) is 3.45. The Labute approximate surface area is 160 Å². The second-order valence-electron chi connectivity index (χ2n) is 7.50. The average molecular weight is 394 g/mol. The molecule has 1 aliphatic carbocycles. The fourth-order valence-electron chi connectivity index (χ4n) is 3.70. The van der Waals surface area contributed by atoms with Crippen LogP contribution in [-0.4, -0.2) is 81.0 Å². The second-order valence-corrected chi connectivity index (χ2v) is 9.44. The summed E-state index contributed by atoms with van der Waals surface area (Å²) in [6.07, 6.45) is 2.45. The predicted molar refractivity (Wildman–Crippen MR) is 99.9 cm³/mol. The highest BCUT2D eigenvalue weighted by Crippen LogP contribution is 2.39. The SMILES string of the molecule is CC1CC1C(=O)N1CCN(c2ccc(S(=O)(=O)N3CCOCC3)cn2)CC1. The lowest BCUT2D eigenvalue weighted by Crippen LogP contribution is -2.49. The van der Waals surface area contributed by atoms with Crippen LogP contribution in [0.5, 0.6) is 0 Å². The fourth-order valence-corrected chi connectivity index (χ4v) is 5.06. The molecule has 1 amide bonds. The summed E-state index contributed by atoms with van der Waals surface area (Å²) in [5, 5.41) is 0. The predicted octanol–water partition coefficient (Wildman–Crippen LogP) is 0.407. The van der Waals surface area contributed by atoms with Crippen molar-refractivity contribution >= 4 is 21.7 Å². The first kappa shape index (κ1) is 18.6. The van der Waals surface area contributed by atoms with Crippen LogP contribution in [0.3, 0.4) is 0 Å². The number of nitrogens with zero attached hydrogens (tertiary/aromatic N) is 4. The van der Waals surface area contributed by atoms with Crippen molar-refractivity contribution in [1.29, 1.82) is 0 Å². The van der Waals surface area contributed by atoms with E-state index in [1.165, 1.54) is 10.5 Å². The first-order chi connectivity index (χ1) is 13.0. The van der Waals surface area contributed by atoms with E-state index < -0.39 is 10.0 Å². The van der Waals surface area contributed by atoms with Gasteiger partial charge in [0.25, 0.3) is 0 Å². The van der Waals surface area contributed by atoms with Crippen LogP contribution in [0.2, 0.25) is 0 Å². The Balaban J connectivity index is 1.37. The molecule has 1 aromatic rings. The zero-order chi connectivity index (χ0) is 19.0. The number of amides is 1. The first-order valence-electron chi connectivity index (χ1n) is 9.54. The molecule has 0 bridgehead atoms. The van der Waals surface area contributed by atoms with Gasteiger partial charge in [-0.25, -0.2) is 13.4 Å². The number of rotatable bonds is 4. The molecular weight excluding hydrogens is 368 g/mol. The number of hydrogen-bond acceptors (Lipinski definition) is 6. The van der Waals surface area contributed by atoms with Crippen LogP contribution in [0.25, 0.3) is 0 Å². The Kier molecular flexibility index (Phi) is 5.09. The van der Waals surface area contributed by atoms with Crippen molar-refractivity contribution < 1.29 is 17.9 Å². The minimum absolute atomic E-state index is 0.213. The molecule has 2 atom stereocenters. The number of carbonyl (C=O) groups excluding carboxylic acids is 1. The van der Waals surface area contributed by atoms with Crippen LogP contribution in [0.15, 0.2) is 23.2 Å². The summed E-state index contributed by atoms with van der Waals surface area (Å²) < 4.78 is 32.0. The Morgan fingerprint density at radius 2 is 1.78 bits per heavy atom. The van der Waals surface area contributed by atoms with Gasteiger partial charge in [-0.2, -0.15) is 4.31 Å². The smallest absolute Gasteiger partial charge is 0.244 e. The maximum atomic E-state index is 12.7. The van der Waals surface area contributed by atoms with Crippen molar-refractivity contribution in [2.75, 3.05) is 57.4 Å². The fraction of sp³-hybridized carbons (Fsp3) is 0.667. The Morgan fingerprint density at radius 1 is 1.11 bits per heavy atom. The summed E-state index contributed by atoms with van der Waals surface area (Å²) in [4.78, 5) is 21.0. The summed E-state index contributed by atoms with van der Waals surface area (Å²) >= 11 is 0. The number of pyridine rings is 1. The molecule has 2 aliphatic heterocycles. The lowest BCUT2D eigenvalue weighted by molar-refractivity contribution is -0.133. The molecule has 9 heteroatoms. The summed E-state index contributed by atoms with van der Waals surface area (Å²) in [7, 11) is -3.52. The number of morpholine rings is 1. The van der Waals surface area contributed by atoms with Crippen LogP contribution in [0.1, 0.15) is 13.3 Å². The third kappa shape index (κ3) is 3.81. The maximum Gasteiger partial charge on any atom is 0.244 e. The van der Waals surface area contributed by atoms with Crippen molar-refractivity contribution in [3.05, 3.63) is 18.3 Å². The van der Waals surface area contributed by atoms with E-state index in [2.05, 4.69) is 16.8 Å². The molecular formula is C18H26N4O4S. The van der Waals surface area contributed by atoms with Crippen molar-refractivity contribution in [3.8, 4) is 0 Å². The molecule has 27 heavy (non-hydrogen) atoms. The molecule has 0 N–H and O–H groups in total. The molecule has 1 aromatic heterocycles. The van der Waals surface area contributed by atoms with Gasteiger partial charge in [0, 0.05) is 51.4 Å². The molecule has 1 saturated carbocycles. The van der Waals surface area contributed by atoms with Crippen molar-refractivity contribution in [2.24, 2.45) is 11.8 Å². The lowest BCUT2D eigenvalue weighted by Gasteiger charge is -2.35. The van der Waals surface area contributed by atoms with Gasteiger partial charge in [0.05, 0.1) is 13.2 Å². The van der Waals surface area contributed by atoms with Gasteiger partial charge < -0.3 is 14.5 Å². The van der Waals surface area contributed by atoms with Crippen LogP contribution >= 0.6 is 0 Å². The number of sulfonamides is 1. The third-order valence-corrected chi connectivity index (χ3v) is 7.55. The minimum atomic E-state index is -3.52. The summed E-state index contributed by atoms with van der Waals surface area (Å²) in [6, 6.07) is 3.38. The zero-order valence-corrected chi connectivity index (χ0v) is 16.4. The van der Waals surface area contributed by atoms with E-state index in [1.54, 1.807) is 12.1 Å². The van der Waals surface area contributed by atoms with E-state index in [4.69, 9.17) is 4.74 Å². The second kappa shape index (κ2) is 7.37. The molecule has 0 spiro atoms. The quantitative estimate of drug-likeness (QED) is 0.736. The zero-order valence-electron chi connectivity index (χ0n) is 15.6. The van der Waals surface area contributed by atoms with Gasteiger partial charge in [-0.15, -0.1) is 0 Å². The monoisotopic (exact) mass is 394 g/mol. The standard InChI is InChI=1S/C18H26N4O4S/c1-14-12-16(14)18(23)21-6-4-20(5-7-21)17-3-2-15(13-19-17)27(24,25)22-8-10-26-11-9-22/h2-3,13-14,16H,4-12H2,1H3. The Hall–Kier alpha value is -1.71. The maximum absolute atomic E-state index is 12.7. The van der Waals surface area contributed by atoms with Crippen molar-refractivity contribution in [1.82, 2.24) is 14.2 Å². The highest BCUT2D eigenvalue weighted by atomic mass is 32.2. The molecule has 0 radical (unpaired) electrons. The highest BCUT2D eigenvalue weighted by molar-refractivity contribution is 7.89. The number of anilines is 1. The van der Waals surface area contributed by atoms with E-state index in [-0.39, 0.29) is 16.7 Å². The van der Waals surface area contributed by atoms with E-state index in [0.717, 1.165) is 25.3 Å².